The molecule has 12 heteroatoms. The van der Waals surface area contributed by atoms with Crippen LogP contribution in [0.5, 0.6) is 0 Å². The van der Waals surface area contributed by atoms with Gasteiger partial charge in [-0.25, -0.2) is 8.42 Å². The molecule has 34 heavy (non-hydrogen) atoms. The summed E-state index contributed by atoms with van der Waals surface area (Å²) in [6.45, 7) is 0.692. The molecule has 0 aliphatic carbocycles. The molecular formula is C22H18Cl3N3O5S. The number of nitro groups is 1. The summed E-state index contributed by atoms with van der Waals surface area (Å²) in [6, 6.07) is 14.3. The summed E-state index contributed by atoms with van der Waals surface area (Å²) >= 11 is 18.1. The van der Waals surface area contributed by atoms with E-state index in [1.807, 2.05) is 0 Å². The highest BCUT2D eigenvalue weighted by Gasteiger charge is 2.28. The third-order valence-corrected chi connectivity index (χ3v) is 7.55. The second kappa shape index (κ2) is 10.7. The van der Waals surface area contributed by atoms with Crippen molar-refractivity contribution in [3.63, 3.8) is 0 Å². The molecule has 3 aromatic carbocycles. The highest BCUT2D eigenvalue weighted by molar-refractivity contribution is 7.89. The van der Waals surface area contributed by atoms with Crippen LogP contribution in [0.25, 0.3) is 0 Å². The molecule has 0 aromatic heterocycles. The largest absolute Gasteiger partial charge is 0.324 e. The third kappa shape index (κ3) is 6.05. The second-order valence-electron chi connectivity index (χ2n) is 7.22. The Morgan fingerprint density at radius 1 is 1.03 bits per heavy atom. The molecule has 0 atom stereocenters. The van der Waals surface area contributed by atoms with Crippen LogP contribution in [0.4, 0.5) is 11.4 Å². The van der Waals surface area contributed by atoms with Crippen molar-refractivity contribution < 1.29 is 18.1 Å². The average molecular weight is 543 g/mol. The van der Waals surface area contributed by atoms with Crippen molar-refractivity contribution in [1.29, 1.82) is 0 Å². The van der Waals surface area contributed by atoms with Crippen LogP contribution in [0.2, 0.25) is 15.1 Å². The highest BCUT2D eigenvalue weighted by Crippen LogP contribution is 2.27. The number of nitrogens with zero attached hydrogens (tertiary/aromatic N) is 2. The first-order chi connectivity index (χ1) is 16.0. The standard InChI is InChI=1S/C22H18Cl3N3O5S/c1-14-20(3-2-4-21(14)28(30)31)26-22(29)13-27(12-15-5-6-17(24)11-19(15)25)34(32,33)18-9-7-16(23)8-10-18/h2-11H,12-13H2,1H3,(H,26,29). The first-order valence-electron chi connectivity index (χ1n) is 9.72. The fourth-order valence-corrected chi connectivity index (χ4v) is 5.10. The van der Waals surface area contributed by atoms with Crippen molar-refractivity contribution in [2.45, 2.75) is 18.4 Å². The van der Waals surface area contributed by atoms with Gasteiger partial charge in [-0.15, -0.1) is 0 Å². The summed E-state index contributed by atoms with van der Waals surface area (Å²) in [5.74, 6) is -0.689. The fourth-order valence-electron chi connectivity index (χ4n) is 3.13. The molecule has 1 amide bonds. The van der Waals surface area contributed by atoms with Gasteiger partial charge in [-0.05, 0) is 55.0 Å². The number of hydrogen-bond donors (Lipinski definition) is 1. The highest BCUT2D eigenvalue weighted by atomic mass is 35.5. The molecule has 0 saturated heterocycles. The van der Waals surface area contributed by atoms with Gasteiger partial charge in [0.05, 0.1) is 27.6 Å². The van der Waals surface area contributed by atoms with Gasteiger partial charge in [0, 0.05) is 27.7 Å². The Bertz CT molecular complexity index is 1350. The lowest BCUT2D eigenvalue weighted by Crippen LogP contribution is -2.37. The lowest BCUT2D eigenvalue weighted by Gasteiger charge is -2.23. The van der Waals surface area contributed by atoms with E-state index in [1.165, 1.54) is 55.5 Å². The van der Waals surface area contributed by atoms with Crippen LogP contribution in [0.3, 0.4) is 0 Å². The van der Waals surface area contributed by atoms with Gasteiger partial charge in [0.1, 0.15) is 0 Å². The van der Waals surface area contributed by atoms with Crippen LogP contribution < -0.4 is 5.32 Å². The van der Waals surface area contributed by atoms with Gasteiger partial charge in [0.25, 0.3) is 5.69 Å². The smallest absolute Gasteiger partial charge is 0.274 e. The average Bonchev–Trinajstić information content (AvgIpc) is 2.76. The first kappa shape index (κ1) is 25.9. The Hall–Kier alpha value is -2.69. The molecule has 8 nitrogen and oxygen atoms in total. The van der Waals surface area contributed by atoms with E-state index < -0.39 is 27.4 Å². The summed E-state index contributed by atoms with van der Waals surface area (Å²) in [5, 5.41) is 14.7. The van der Waals surface area contributed by atoms with Crippen LogP contribution >= 0.6 is 34.8 Å². The van der Waals surface area contributed by atoms with Gasteiger partial charge in [-0.3, -0.25) is 14.9 Å². The lowest BCUT2D eigenvalue weighted by molar-refractivity contribution is -0.385. The quantitative estimate of drug-likeness (QED) is 0.290. The number of hydrogen-bond acceptors (Lipinski definition) is 5. The van der Waals surface area contributed by atoms with E-state index in [2.05, 4.69) is 5.32 Å². The number of nitro benzene ring substituents is 1. The number of benzene rings is 3. The molecular weight excluding hydrogens is 525 g/mol. The third-order valence-electron chi connectivity index (χ3n) is 4.91. The van der Waals surface area contributed by atoms with Gasteiger partial charge < -0.3 is 5.32 Å². The number of nitrogens with one attached hydrogen (secondary N) is 1. The predicted molar refractivity (Wildman–Crippen MR) is 132 cm³/mol. The number of halogens is 3. The predicted octanol–water partition coefficient (Wildman–Crippen LogP) is 5.69. The van der Waals surface area contributed by atoms with Crippen LogP contribution in [-0.4, -0.2) is 30.1 Å². The monoisotopic (exact) mass is 541 g/mol. The van der Waals surface area contributed by atoms with E-state index in [9.17, 15) is 23.3 Å². The maximum Gasteiger partial charge on any atom is 0.274 e. The van der Waals surface area contributed by atoms with Gasteiger partial charge in [-0.1, -0.05) is 46.9 Å². The minimum Gasteiger partial charge on any atom is -0.324 e. The van der Waals surface area contributed by atoms with Crippen molar-refractivity contribution in [3.05, 3.63) is 97.0 Å². The number of anilines is 1. The molecule has 0 fully saturated rings. The summed E-state index contributed by atoms with van der Waals surface area (Å²) in [4.78, 5) is 23.4. The Labute approximate surface area is 211 Å². The molecule has 1 N–H and O–H groups in total. The Kier molecular flexibility index (Phi) is 8.17. The molecule has 0 aliphatic rings. The van der Waals surface area contributed by atoms with E-state index in [4.69, 9.17) is 34.8 Å². The molecule has 0 bridgehead atoms. The Morgan fingerprint density at radius 3 is 2.29 bits per heavy atom. The zero-order valence-corrected chi connectivity index (χ0v) is 20.7. The van der Waals surface area contributed by atoms with E-state index in [0.29, 0.717) is 15.6 Å². The first-order valence-corrected chi connectivity index (χ1v) is 12.3. The van der Waals surface area contributed by atoms with Crippen LogP contribution in [0.15, 0.2) is 65.6 Å². The molecule has 0 spiro atoms. The lowest BCUT2D eigenvalue weighted by atomic mass is 10.1. The fraction of sp³-hybridized carbons (Fsp3) is 0.136. The topological polar surface area (TPSA) is 110 Å². The van der Waals surface area contributed by atoms with Crippen LogP contribution in [0, 0.1) is 17.0 Å². The van der Waals surface area contributed by atoms with Gasteiger partial charge >= 0.3 is 0 Å². The minimum absolute atomic E-state index is 0.0682. The molecule has 0 radical (unpaired) electrons. The van der Waals surface area contributed by atoms with Gasteiger partial charge in [0.2, 0.25) is 15.9 Å². The SMILES string of the molecule is Cc1c(NC(=O)CN(Cc2ccc(Cl)cc2Cl)S(=O)(=O)c2ccc(Cl)cc2)cccc1[N+](=O)[O-]. The van der Waals surface area contributed by atoms with E-state index >= 15 is 0 Å². The van der Waals surface area contributed by atoms with E-state index in [-0.39, 0.29) is 33.4 Å². The number of amides is 1. The van der Waals surface area contributed by atoms with Crippen LogP contribution in [-0.2, 0) is 21.4 Å². The van der Waals surface area contributed by atoms with Crippen molar-refractivity contribution in [2.75, 3.05) is 11.9 Å². The number of carbonyl (C=O) groups excluding carboxylic acids is 1. The van der Waals surface area contributed by atoms with E-state index in [0.717, 1.165) is 4.31 Å². The van der Waals surface area contributed by atoms with E-state index in [1.54, 1.807) is 12.1 Å². The van der Waals surface area contributed by atoms with Gasteiger partial charge in [-0.2, -0.15) is 4.31 Å². The summed E-state index contributed by atoms with van der Waals surface area (Å²) in [6.07, 6.45) is 0. The van der Waals surface area contributed by atoms with Crippen molar-refractivity contribution >= 4 is 62.1 Å². The summed E-state index contributed by atoms with van der Waals surface area (Å²) in [5.41, 5.74) is 0.709. The normalized spacial score (nSPS) is 11.4. The molecule has 0 saturated carbocycles. The number of sulfonamides is 1. The summed E-state index contributed by atoms with van der Waals surface area (Å²) < 4.78 is 27.7. The number of rotatable bonds is 8. The second-order valence-corrected chi connectivity index (χ2v) is 10.4. The Morgan fingerprint density at radius 2 is 1.68 bits per heavy atom. The zero-order valence-electron chi connectivity index (χ0n) is 17.7. The Balaban J connectivity index is 1.93. The van der Waals surface area contributed by atoms with Crippen molar-refractivity contribution in [2.24, 2.45) is 0 Å². The van der Waals surface area contributed by atoms with Crippen molar-refractivity contribution in [3.8, 4) is 0 Å². The molecule has 0 aliphatic heterocycles. The molecule has 0 heterocycles. The maximum absolute atomic E-state index is 13.4. The minimum atomic E-state index is -4.15. The van der Waals surface area contributed by atoms with Gasteiger partial charge in [0.15, 0.2) is 0 Å². The zero-order chi connectivity index (χ0) is 25.0. The van der Waals surface area contributed by atoms with Crippen molar-refractivity contribution in [1.82, 2.24) is 4.31 Å². The summed E-state index contributed by atoms with van der Waals surface area (Å²) in [7, 11) is -4.15. The number of carbonyl (C=O) groups is 1. The molecule has 178 valence electrons. The molecule has 3 aromatic rings. The van der Waals surface area contributed by atoms with Crippen LogP contribution in [0.1, 0.15) is 11.1 Å². The molecule has 3 rings (SSSR count). The molecule has 0 unspecified atom stereocenters. The maximum atomic E-state index is 13.4.